The van der Waals surface area contributed by atoms with Gasteiger partial charge in [0.05, 0.1) is 18.1 Å². The van der Waals surface area contributed by atoms with Crippen LogP contribution in [0.5, 0.6) is 0 Å². The van der Waals surface area contributed by atoms with Crippen LogP contribution in [0.25, 0.3) is 0 Å². The average Bonchev–Trinajstić information content (AvgIpc) is 2.81. The Morgan fingerprint density at radius 1 is 1.30 bits per heavy atom. The molecular formula is C20H26O3. The fourth-order valence-corrected chi connectivity index (χ4v) is 6.75. The number of rotatable bonds is 1. The second-order valence-corrected chi connectivity index (χ2v) is 9.07. The maximum absolute atomic E-state index is 12.7. The van der Waals surface area contributed by atoms with Crippen LogP contribution < -0.4 is 0 Å². The molecule has 0 aromatic rings. The highest BCUT2D eigenvalue weighted by Crippen LogP contribution is 2.69. The van der Waals surface area contributed by atoms with Gasteiger partial charge in [0.15, 0.2) is 0 Å². The summed E-state index contributed by atoms with van der Waals surface area (Å²) in [6.45, 7) is 9.28. The zero-order valence-corrected chi connectivity index (χ0v) is 14.1. The molecule has 0 amide bonds. The maximum atomic E-state index is 12.7. The first-order valence-electron chi connectivity index (χ1n) is 9.10. The highest BCUT2D eigenvalue weighted by Gasteiger charge is 2.73. The number of fused-ring (bicyclic) bond motifs is 3. The minimum Gasteiger partial charge on any atom is -0.457 e. The molecule has 5 fully saturated rings. The molecule has 3 heterocycles. The lowest BCUT2D eigenvalue weighted by Crippen LogP contribution is -2.66. The summed E-state index contributed by atoms with van der Waals surface area (Å²) in [5.74, 6) is 0.854. The van der Waals surface area contributed by atoms with Crippen molar-refractivity contribution in [3.8, 4) is 0 Å². The highest BCUT2D eigenvalue weighted by atomic mass is 16.6. The van der Waals surface area contributed by atoms with Gasteiger partial charge in [-0.1, -0.05) is 18.6 Å². The summed E-state index contributed by atoms with van der Waals surface area (Å²) >= 11 is 0. The van der Waals surface area contributed by atoms with Gasteiger partial charge in [-0.3, -0.25) is 4.79 Å². The fraction of sp³-hybridized carbons (Fsp3) is 0.750. The SMILES string of the molecule is C=C[C@]1(C)CC[C@@H]2C(=C[C@H]3OC(=O)[C@@]4(C)[C@@H]5CC[C@@]2(CO5)[C@@H]34)C1. The number of hydrogen-bond donors (Lipinski definition) is 0. The molecule has 2 saturated carbocycles. The van der Waals surface area contributed by atoms with E-state index in [2.05, 4.69) is 32.6 Å². The number of hydrogen-bond acceptors (Lipinski definition) is 3. The summed E-state index contributed by atoms with van der Waals surface area (Å²) in [4.78, 5) is 12.7. The third-order valence-electron chi connectivity index (χ3n) is 8.00. The van der Waals surface area contributed by atoms with Crippen LogP contribution >= 0.6 is 0 Å². The van der Waals surface area contributed by atoms with Gasteiger partial charge in [-0.15, -0.1) is 6.58 Å². The first-order chi connectivity index (χ1) is 10.9. The normalized spacial score (nSPS) is 56.4. The van der Waals surface area contributed by atoms with Crippen molar-refractivity contribution in [1.82, 2.24) is 0 Å². The molecule has 0 radical (unpaired) electrons. The Bertz CT molecular complexity index is 627. The molecule has 2 bridgehead atoms. The van der Waals surface area contributed by atoms with E-state index in [-0.39, 0.29) is 29.0 Å². The van der Waals surface area contributed by atoms with Crippen molar-refractivity contribution in [1.29, 1.82) is 0 Å². The van der Waals surface area contributed by atoms with E-state index in [1.165, 1.54) is 24.8 Å². The standard InChI is InChI=1S/C20H26O3/c1-4-18(2)7-5-13-12(10-18)9-14-16-19(3,17(21)23-14)15-6-8-20(13,16)11-22-15/h4,9,13-16H,1,5-8,10-11H2,2-3H3/t13-,14-,15+,16+,18-,19+,20+/m1/s1. The fourth-order valence-electron chi connectivity index (χ4n) is 6.75. The summed E-state index contributed by atoms with van der Waals surface area (Å²) in [6.07, 6.45) is 10.1. The number of carbonyl (C=O) groups excluding carboxylic acids is 1. The van der Waals surface area contributed by atoms with Crippen LogP contribution in [0.2, 0.25) is 0 Å². The quantitative estimate of drug-likeness (QED) is 0.547. The molecule has 7 atom stereocenters. The Kier molecular flexibility index (Phi) is 2.55. The largest absolute Gasteiger partial charge is 0.457 e. The Morgan fingerprint density at radius 3 is 2.83 bits per heavy atom. The smallest absolute Gasteiger partial charge is 0.315 e. The second-order valence-electron chi connectivity index (χ2n) is 9.07. The van der Waals surface area contributed by atoms with Crippen molar-refractivity contribution in [3.63, 3.8) is 0 Å². The zero-order valence-electron chi connectivity index (χ0n) is 14.1. The predicted octanol–water partition coefficient (Wildman–Crippen LogP) is 3.65. The summed E-state index contributed by atoms with van der Waals surface area (Å²) in [7, 11) is 0. The molecular weight excluding hydrogens is 288 g/mol. The molecule has 3 aliphatic carbocycles. The minimum absolute atomic E-state index is 0.0248. The number of esters is 1. The van der Waals surface area contributed by atoms with Gasteiger partial charge >= 0.3 is 5.97 Å². The third kappa shape index (κ3) is 1.49. The summed E-state index contributed by atoms with van der Waals surface area (Å²) in [6, 6.07) is 0. The van der Waals surface area contributed by atoms with Crippen molar-refractivity contribution in [2.24, 2.45) is 28.1 Å². The lowest BCUT2D eigenvalue weighted by molar-refractivity contribution is -0.233. The van der Waals surface area contributed by atoms with Crippen LogP contribution in [0.4, 0.5) is 0 Å². The van der Waals surface area contributed by atoms with Crippen LogP contribution in [0.1, 0.15) is 46.0 Å². The molecule has 1 spiro atoms. The molecule has 3 heteroatoms. The van der Waals surface area contributed by atoms with Crippen LogP contribution in [-0.2, 0) is 14.3 Å². The Morgan fingerprint density at radius 2 is 2.13 bits per heavy atom. The van der Waals surface area contributed by atoms with E-state index in [0.717, 1.165) is 19.4 Å². The van der Waals surface area contributed by atoms with E-state index in [0.29, 0.717) is 11.8 Å². The minimum atomic E-state index is -0.428. The van der Waals surface area contributed by atoms with Crippen LogP contribution in [0.15, 0.2) is 24.3 Å². The lowest BCUT2D eigenvalue weighted by atomic mass is 9.43. The summed E-state index contributed by atoms with van der Waals surface area (Å²) in [5.41, 5.74) is 1.38. The molecule has 23 heavy (non-hydrogen) atoms. The Balaban J connectivity index is 1.65. The topological polar surface area (TPSA) is 35.5 Å². The van der Waals surface area contributed by atoms with Crippen molar-refractivity contribution < 1.29 is 14.3 Å². The van der Waals surface area contributed by atoms with Gasteiger partial charge in [0.25, 0.3) is 0 Å². The van der Waals surface area contributed by atoms with Gasteiger partial charge < -0.3 is 9.47 Å². The molecule has 0 N–H and O–H groups in total. The van der Waals surface area contributed by atoms with E-state index in [1.54, 1.807) is 0 Å². The average molecular weight is 314 g/mol. The first kappa shape index (κ1) is 14.3. The predicted molar refractivity (Wildman–Crippen MR) is 86.6 cm³/mol. The van der Waals surface area contributed by atoms with Gasteiger partial charge in [-0.25, -0.2) is 0 Å². The number of ether oxygens (including phenoxy) is 2. The van der Waals surface area contributed by atoms with Crippen LogP contribution in [0.3, 0.4) is 0 Å². The third-order valence-corrected chi connectivity index (χ3v) is 8.00. The molecule has 0 aromatic carbocycles. The van der Waals surface area contributed by atoms with E-state index < -0.39 is 5.41 Å². The van der Waals surface area contributed by atoms with Gasteiger partial charge in [0.2, 0.25) is 0 Å². The highest BCUT2D eigenvalue weighted by molar-refractivity contribution is 5.81. The van der Waals surface area contributed by atoms with E-state index in [9.17, 15) is 4.79 Å². The van der Waals surface area contributed by atoms with Crippen LogP contribution in [0, 0.1) is 28.1 Å². The molecule has 6 rings (SSSR count). The number of allylic oxidation sites excluding steroid dienone is 2. The second kappa shape index (κ2) is 4.11. The Hall–Kier alpha value is -1.09. The van der Waals surface area contributed by atoms with Crippen molar-refractivity contribution >= 4 is 5.97 Å². The first-order valence-corrected chi connectivity index (χ1v) is 9.10. The van der Waals surface area contributed by atoms with Crippen molar-refractivity contribution in [2.45, 2.75) is 58.2 Å². The number of carbonyl (C=O) groups is 1. The molecule has 0 unspecified atom stereocenters. The molecule has 0 aromatic heterocycles. The van der Waals surface area contributed by atoms with E-state index in [4.69, 9.17) is 9.47 Å². The summed E-state index contributed by atoms with van der Waals surface area (Å²) in [5, 5.41) is 0. The molecule has 6 aliphatic rings. The Labute approximate surface area is 138 Å². The molecule has 3 saturated heterocycles. The molecule has 124 valence electrons. The van der Waals surface area contributed by atoms with Crippen molar-refractivity contribution in [3.05, 3.63) is 24.3 Å². The van der Waals surface area contributed by atoms with E-state index >= 15 is 0 Å². The summed E-state index contributed by atoms with van der Waals surface area (Å²) < 4.78 is 12.1. The molecule has 3 aliphatic heterocycles. The maximum Gasteiger partial charge on any atom is 0.315 e. The van der Waals surface area contributed by atoms with E-state index in [1.807, 2.05) is 0 Å². The molecule has 3 nitrogen and oxygen atoms in total. The van der Waals surface area contributed by atoms with Gasteiger partial charge in [-0.05, 0) is 56.4 Å². The van der Waals surface area contributed by atoms with Gasteiger partial charge in [0.1, 0.15) is 6.10 Å². The van der Waals surface area contributed by atoms with Crippen molar-refractivity contribution in [2.75, 3.05) is 6.61 Å². The van der Waals surface area contributed by atoms with Gasteiger partial charge in [-0.2, -0.15) is 0 Å². The monoisotopic (exact) mass is 314 g/mol. The lowest BCUT2D eigenvalue weighted by Gasteiger charge is -2.63. The van der Waals surface area contributed by atoms with Crippen LogP contribution in [-0.4, -0.2) is 24.8 Å². The van der Waals surface area contributed by atoms with Gasteiger partial charge in [0, 0.05) is 11.3 Å². The zero-order chi connectivity index (χ0) is 16.0.